The molecule has 9 nitrogen and oxygen atoms in total. The highest BCUT2D eigenvalue weighted by Crippen LogP contribution is 2.49. The second-order valence-corrected chi connectivity index (χ2v) is 11.3. The number of hydrogen-bond acceptors (Lipinski definition) is 6. The highest BCUT2D eigenvalue weighted by molar-refractivity contribution is 6.05. The van der Waals surface area contributed by atoms with Crippen LogP contribution in [0.1, 0.15) is 52.7 Å². The number of hydrogen-bond donors (Lipinski definition) is 1. The molecule has 1 spiro atoms. The number of piperidine rings is 2. The molecule has 2 aromatic carbocycles. The van der Waals surface area contributed by atoms with Crippen LogP contribution in [0.15, 0.2) is 48.8 Å². The first-order valence-electron chi connectivity index (χ1n) is 13.6. The van der Waals surface area contributed by atoms with E-state index in [1.54, 1.807) is 4.90 Å². The van der Waals surface area contributed by atoms with Gasteiger partial charge in [0.2, 0.25) is 11.8 Å². The standard InChI is InChI=1S/C30H31N5O4/c1-33-16-21(14-31-33)20-4-2-3-19(13-20)15-34-11-9-30(10-12-34)18-39-27-23-17-35(25-7-8-26(36)32-28(25)37)29(38)22(23)5-6-24(27)30/h2-6,13-14,16,25H,7-12,15,17-18H2,1H3,(H,32,36,37)/t25-/m1/s1. The van der Waals surface area contributed by atoms with Crippen molar-refractivity contribution >= 4 is 17.7 Å². The van der Waals surface area contributed by atoms with Crippen LogP contribution in [0, 0.1) is 0 Å². The lowest BCUT2D eigenvalue weighted by Crippen LogP contribution is -2.52. The average molecular weight is 526 g/mol. The van der Waals surface area contributed by atoms with Gasteiger partial charge in [-0.1, -0.05) is 24.3 Å². The van der Waals surface area contributed by atoms with Gasteiger partial charge < -0.3 is 9.64 Å². The number of likely N-dealkylation sites (tertiary alicyclic amines) is 1. The van der Waals surface area contributed by atoms with Crippen molar-refractivity contribution in [1.29, 1.82) is 0 Å². The van der Waals surface area contributed by atoms with Crippen LogP contribution in [-0.2, 0) is 35.1 Å². The van der Waals surface area contributed by atoms with Crippen LogP contribution in [0.25, 0.3) is 11.1 Å². The zero-order valence-electron chi connectivity index (χ0n) is 22.0. The lowest BCUT2D eigenvalue weighted by atomic mass is 9.74. The third-order valence-electron chi connectivity index (χ3n) is 8.92. The Morgan fingerprint density at radius 3 is 2.72 bits per heavy atom. The van der Waals surface area contributed by atoms with Crippen LogP contribution in [-0.4, -0.2) is 63.0 Å². The molecule has 0 radical (unpaired) electrons. The summed E-state index contributed by atoms with van der Waals surface area (Å²) >= 11 is 0. The summed E-state index contributed by atoms with van der Waals surface area (Å²) in [5, 5.41) is 6.67. The van der Waals surface area contributed by atoms with E-state index in [2.05, 4.69) is 45.6 Å². The molecular weight excluding hydrogens is 494 g/mol. The number of carbonyl (C=O) groups excluding carboxylic acids is 3. The summed E-state index contributed by atoms with van der Waals surface area (Å²) in [7, 11) is 1.93. The van der Waals surface area contributed by atoms with E-state index < -0.39 is 6.04 Å². The number of nitrogens with one attached hydrogen (secondary N) is 1. The van der Waals surface area contributed by atoms with Crippen molar-refractivity contribution in [1.82, 2.24) is 24.9 Å². The molecule has 39 heavy (non-hydrogen) atoms. The SMILES string of the molecule is Cn1cc(-c2cccc(CN3CCC4(CC3)COc3c4ccc4c3CN([C@@H]3CCC(=O)NC3=O)C4=O)c2)cn1. The van der Waals surface area contributed by atoms with Crippen LogP contribution in [0.2, 0.25) is 0 Å². The van der Waals surface area contributed by atoms with E-state index in [0.717, 1.165) is 49.4 Å². The minimum absolute atomic E-state index is 0.0521. The Labute approximate surface area is 226 Å². The Morgan fingerprint density at radius 2 is 1.95 bits per heavy atom. The van der Waals surface area contributed by atoms with Crippen molar-refractivity contribution in [3.63, 3.8) is 0 Å². The molecule has 0 aliphatic carbocycles. The Morgan fingerprint density at radius 1 is 1.10 bits per heavy atom. The van der Waals surface area contributed by atoms with Gasteiger partial charge in [0.25, 0.3) is 5.91 Å². The number of aryl methyl sites for hydroxylation is 1. The molecule has 200 valence electrons. The van der Waals surface area contributed by atoms with E-state index in [0.29, 0.717) is 25.1 Å². The smallest absolute Gasteiger partial charge is 0.255 e. The number of rotatable bonds is 4. The Balaban J connectivity index is 1.05. The second kappa shape index (κ2) is 9.05. The van der Waals surface area contributed by atoms with Gasteiger partial charge in [-0.15, -0.1) is 0 Å². The summed E-state index contributed by atoms with van der Waals surface area (Å²) in [5.74, 6) is 0.00218. The number of ether oxygens (including phenoxy) is 1. The third kappa shape index (κ3) is 4.03. The fourth-order valence-corrected chi connectivity index (χ4v) is 6.71. The Kier molecular flexibility index (Phi) is 5.59. The Hall–Kier alpha value is -3.98. The second-order valence-electron chi connectivity index (χ2n) is 11.3. The number of aromatic nitrogens is 2. The molecule has 0 bridgehead atoms. The van der Waals surface area contributed by atoms with E-state index in [9.17, 15) is 14.4 Å². The van der Waals surface area contributed by atoms with Gasteiger partial charge in [-0.3, -0.25) is 29.3 Å². The first-order valence-corrected chi connectivity index (χ1v) is 13.6. The Bertz CT molecular complexity index is 1500. The topological polar surface area (TPSA) is 96.8 Å². The maximum absolute atomic E-state index is 13.2. The van der Waals surface area contributed by atoms with Crippen molar-refractivity contribution in [3.8, 4) is 16.9 Å². The molecule has 0 saturated carbocycles. The van der Waals surface area contributed by atoms with Gasteiger partial charge in [0.05, 0.1) is 19.3 Å². The molecule has 5 heterocycles. The number of carbonyl (C=O) groups is 3. The first-order chi connectivity index (χ1) is 18.9. The molecule has 3 aromatic rings. The average Bonchev–Trinajstić information content (AvgIpc) is 3.62. The molecule has 9 heteroatoms. The first kappa shape index (κ1) is 24.1. The zero-order chi connectivity index (χ0) is 26.7. The summed E-state index contributed by atoms with van der Waals surface area (Å²) < 4.78 is 8.15. The molecule has 1 aromatic heterocycles. The molecule has 0 unspecified atom stereocenters. The fourth-order valence-electron chi connectivity index (χ4n) is 6.71. The molecule has 7 rings (SSSR count). The van der Waals surface area contributed by atoms with E-state index in [1.807, 2.05) is 30.2 Å². The van der Waals surface area contributed by atoms with Crippen LogP contribution >= 0.6 is 0 Å². The van der Waals surface area contributed by atoms with Crippen molar-refractivity contribution < 1.29 is 19.1 Å². The monoisotopic (exact) mass is 525 g/mol. The van der Waals surface area contributed by atoms with Crippen molar-refractivity contribution in [2.45, 2.75) is 50.2 Å². The highest BCUT2D eigenvalue weighted by Gasteiger charge is 2.47. The molecule has 4 aliphatic heterocycles. The molecule has 2 saturated heterocycles. The quantitative estimate of drug-likeness (QED) is 0.527. The highest BCUT2D eigenvalue weighted by atomic mass is 16.5. The summed E-state index contributed by atoms with van der Waals surface area (Å²) in [4.78, 5) is 41.4. The summed E-state index contributed by atoms with van der Waals surface area (Å²) in [6.45, 7) is 3.81. The van der Waals surface area contributed by atoms with Gasteiger partial charge in [-0.25, -0.2) is 0 Å². The number of imide groups is 1. The van der Waals surface area contributed by atoms with Crippen molar-refractivity contribution in [3.05, 3.63) is 71.0 Å². The number of fused-ring (bicyclic) bond motifs is 4. The van der Waals surface area contributed by atoms with Crippen molar-refractivity contribution in [2.24, 2.45) is 7.05 Å². The largest absolute Gasteiger partial charge is 0.492 e. The predicted molar refractivity (Wildman–Crippen MR) is 143 cm³/mol. The fraction of sp³-hybridized carbons (Fsp3) is 0.400. The van der Waals surface area contributed by atoms with E-state index >= 15 is 0 Å². The normalized spacial score (nSPS) is 22.1. The van der Waals surface area contributed by atoms with Crippen LogP contribution in [0.5, 0.6) is 5.75 Å². The zero-order valence-corrected chi connectivity index (χ0v) is 22.0. The minimum Gasteiger partial charge on any atom is -0.492 e. The summed E-state index contributed by atoms with van der Waals surface area (Å²) in [5.41, 5.74) is 6.23. The number of nitrogens with zero attached hydrogens (tertiary/aromatic N) is 4. The molecule has 2 fully saturated rings. The van der Waals surface area contributed by atoms with Crippen LogP contribution < -0.4 is 10.1 Å². The van der Waals surface area contributed by atoms with E-state index in [-0.39, 0.29) is 29.6 Å². The molecular formula is C30H31N5O4. The third-order valence-corrected chi connectivity index (χ3v) is 8.92. The number of benzene rings is 2. The lowest BCUT2D eigenvalue weighted by molar-refractivity contribution is -0.136. The molecule has 4 aliphatic rings. The minimum atomic E-state index is -0.617. The lowest BCUT2D eigenvalue weighted by Gasteiger charge is -2.38. The van der Waals surface area contributed by atoms with Gasteiger partial charge in [0.1, 0.15) is 11.8 Å². The van der Waals surface area contributed by atoms with E-state index in [4.69, 9.17) is 4.74 Å². The van der Waals surface area contributed by atoms with Gasteiger partial charge in [-0.05, 0) is 55.6 Å². The maximum atomic E-state index is 13.2. The van der Waals surface area contributed by atoms with Gasteiger partial charge in [-0.2, -0.15) is 5.10 Å². The maximum Gasteiger partial charge on any atom is 0.255 e. The van der Waals surface area contributed by atoms with Gasteiger partial charge in [0.15, 0.2) is 0 Å². The van der Waals surface area contributed by atoms with Gasteiger partial charge >= 0.3 is 0 Å². The van der Waals surface area contributed by atoms with E-state index in [1.165, 1.54) is 16.7 Å². The summed E-state index contributed by atoms with van der Waals surface area (Å²) in [6, 6.07) is 12.0. The van der Waals surface area contributed by atoms with Crippen LogP contribution in [0.4, 0.5) is 0 Å². The van der Waals surface area contributed by atoms with Gasteiger partial charge in [0, 0.05) is 53.9 Å². The molecule has 1 N–H and O–H groups in total. The van der Waals surface area contributed by atoms with Crippen molar-refractivity contribution in [2.75, 3.05) is 19.7 Å². The number of amides is 3. The molecule has 3 amide bonds. The summed E-state index contributed by atoms with van der Waals surface area (Å²) in [6.07, 6.45) is 6.53. The van der Waals surface area contributed by atoms with Crippen LogP contribution in [0.3, 0.4) is 0 Å². The predicted octanol–water partition coefficient (Wildman–Crippen LogP) is 2.77. The molecule has 1 atom stereocenters.